The van der Waals surface area contributed by atoms with E-state index in [1.54, 1.807) is 18.2 Å². The third-order valence-corrected chi connectivity index (χ3v) is 4.51. The lowest BCUT2D eigenvalue weighted by atomic mass is 10.2. The van der Waals surface area contributed by atoms with Crippen molar-refractivity contribution in [2.24, 2.45) is 0 Å². The van der Waals surface area contributed by atoms with Crippen LogP contribution in [0.5, 0.6) is 5.75 Å². The summed E-state index contributed by atoms with van der Waals surface area (Å²) in [4.78, 5) is 23.5. The Morgan fingerprint density at radius 3 is 2.79 bits per heavy atom. The number of benzene rings is 1. The number of carbonyl (C=O) groups is 1. The van der Waals surface area contributed by atoms with E-state index in [1.807, 2.05) is 13.0 Å². The van der Waals surface area contributed by atoms with Gasteiger partial charge in [-0.1, -0.05) is 11.6 Å². The van der Waals surface area contributed by atoms with E-state index in [0.717, 1.165) is 24.6 Å². The van der Waals surface area contributed by atoms with Gasteiger partial charge in [0.25, 0.3) is 5.91 Å². The predicted molar refractivity (Wildman–Crippen MR) is 109 cm³/mol. The minimum Gasteiger partial charge on any atom is -0.496 e. The Bertz CT molecular complexity index is 827. The third-order valence-electron chi connectivity index (χ3n) is 4.28. The van der Waals surface area contributed by atoms with Gasteiger partial charge in [0.1, 0.15) is 11.6 Å². The van der Waals surface area contributed by atoms with Crippen LogP contribution in [0.3, 0.4) is 0 Å². The summed E-state index contributed by atoms with van der Waals surface area (Å²) in [5.74, 6) is 1.65. The predicted octanol–water partition coefficient (Wildman–Crippen LogP) is 2.13. The normalized spacial score (nSPS) is 13.9. The second-order valence-corrected chi connectivity index (χ2v) is 6.75. The fourth-order valence-electron chi connectivity index (χ4n) is 2.89. The molecule has 150 valence electrons. The van der Waals surface area contributed by atoms with Crippen LogP contribution in [0.15, 0.2) is 24.3 Å². The summed E-state index contributed by atoms with van der Waals surface area (Å²) in [5, 5.41) is 6.48. The van der Waals surface area contributed by atoms with Crippen LogP contribution in [0.4, 0.5) is 11.8 Å². The summed E-state index contributed by atoms with van der Waals surface area (Å²) in [6.45, 7) is 5.85. The van der Waals surface area contributed by atoms with Gasteiger partial charge in [-0.2, -0.15) is 4.98 Å². The van der Waals surface area contributed by atoms with E-state index in [2.05, 4.69) is 25.5 Å². The molecule has 0 atom stereocenters. The Kier molecular flexibility index (Phi) is 6.89. The summed E-state index contributed by atoms with van der Waals surface area (Å²) < 4.78 is 10.6. The smallest absolute Gasteiger partial charge is 0.255 e. The molecule has 0 unspecified atom stereocenters. The van der Waals surface area contributed by atoms with E-state index < -0.39 is 0 Å². The molecule has 2 N–H and O–H groups in total. The number of hydrogen-bond donors (Lipinski definition) is 2. The van der Waals surface area contributed by atoms with Crippen molar-refractivity contribution in [1.82, 2.24) is 15.3 Å². The van der Waals surface area contributed by atoms with Crippen molar-refractivity contribution in [3.05, 3.63) is 40.5 Å². The van der Waals surface area contributed by atoms with E-state index >= 15 is 0 Å². The Hall–Kier alpha value is -2.58. The highest BCUT2D eigenvalue weighted by Crippen LogP contribution is 2.22. The van der Waals surface area contributed by atoms with E-state index in [0.29, 0.717) is 48.6 Å². The van der Waals surface area contributed by atoms with Gasteiger partial charge in [0.15, 0.2) is 0 Å². The van der Waals surface area contributed by atoms with Gasteiger partial charge in [-0.05, 0) is 25.1 Å². The Morgan fingerprint density at radius 2 is 2.04 bits per heavy atom. The molecule has 28 heavy (non-hydrogen) atoms. The van der Waals surface area contributed by atoms with Crippen LogP contribution in [0.2, 0.25) is 5.02 Å². The van der Waals surface area contributed by atoms with Crippen LogP contribution in [0, 0.1) is 6.92 Å². The largest absolute Gasteiger partial charge is 0.496 e. The average Bonchev–Trinajstić information content (AvgIpc) is 2.71. The minimum absolute atomic E-state index is 0.250. The molecule has 1 aliphatic rings. The lowest BCUT2D eigenvalue weighted by Gasteiger charge is -2.28. The number of ether oxygens (including phenoxy) is 2. The second kappa shape index (κ2) is 9.57. The molecule has 0 bridgehead atoms. The highest BCUT2D eigenvalue weighted by molar-refractivity contribution is 6.31. The van der Waals surface area contributed by atoms with Gasteiger partial charge in [0, 0.05) is 43.0 Å². The van der Waals surface area contributed by atoms with Crippen molar-refractivity contribution in [2.45, 2.75) is 6.92 Å². The molecule has 1 aromatic carbocycles. The molecule has 0 saturated carbocycles. The van der Waals surface area contributed by atoms with E-state index in [1.165, 1.54) is 7.11 Å². The SMILES string of the molecule is COc1ccc(Cl)cc1C(=O)NCCNc1nc(C)cc(N2CCOCC2)n1. The zero-order valence-electron chi connectivity index (χ0n) is 16.0. The van der Waals surface area contributed by atoms with Crippen molar-refractivity contribution in [1.29, 1.82) is 0 Å². The summed E-state index contributed by atoms with van der Waals surface area (Å²) in [5.41, 5.74) is 1.28. The third kappa shape index (κ3) is 5.24. The average molecular weight is 406 g/mol. The van der Waals surface area contributed by atoms with Gasteiger partial charge in [0.2, 0.25) is 5.95 Å². The van der Waals surface area contributed by atoms with Gasteiger partial charge >= 0.3 is 0 Å². The lowest BCUT2D eigenvalue weighted by Crippen LogP contribution is -2.37. The van der Waals surface area contributed by atoms with Crippen molar-refractivity contribution >= 4 is 29.3 Å². The van der Waals surface area contributed by atoms with Gasteiger partial charge in [-0.3, -0.25) is 4.79 Å². The Balaban J connectivity index is 1.54. The fraction of sp³-hybridized carbons (Fsp3) is 0.421. The molecule has 0 spiro atoms. The molecular weight excluding hydrogens is 382 g/mol. The number of morpholine rings is 1. The highest BCUT2D eigenvalue weighted by Gasteiger charge is 2.15. The molecule has 2 heterocycles. The number of amides is 1. The summed E-state index contributed by atoms with van der Waals surface area (Å²) in [6, 6.07) is 6.90. The molecule has 1 amide bonds. The van der Waals surface area contributed by atoms with Crippen LogP contribution in [0.25, 0.3) is 0 Å². The van der Waals surface area contributed by atoms with Gasteiger partial charge in [-0.15, -0.1) is 0 Å². The molecule has 1 saturated heterocycles. The first-order valence-electron chi connectivity index (χ1n) is 9.11. The maximum Gasteiger partial charge on any atom is 0.255 e. The van der Waals surface area contributed by atoms with Crippen LogP contribution in [-0.4, -0.2) is 62.4 Å². The molecule has 9 heteroatoms. The highest BCUT2D eigenvalue weighted by atomic mass is 35.5. The molecule has 0 radical (unpaired) electrons. The molecule has 3 rings (SSSR count). The van der Waals surface area contributed by atoms with Crippen molar-refractivity contribution in [3.63, 3.8) is 0 Å². The van der Waals surface area contributed by atoms with E-state index in [-0.39, 0.29) is 5.91 Å². The van der Waals surface area contributed by atoms with Crippen LogP contribution in [0.1, 0.15) is 16.1 Å². The number of anilines is 2. The maximum absolute atomic E-state index is 12.4. The summed E-state index contributed by atoms with van der Waals surface area (Å²) in [6.07, 6.45) is 0. The van der Waals surface area contributed by atoms with Crippen LogP contribution >= 0.6 is 11.6 Å². The zero-order valence-corrected chi connectivity index (χ0v) is 16.8. The summed E-state index contributed by atoms with van der Waals surface area (Å²) in [7, 11) is 1.52. The zero-order chi connectivity index (χ0) is 19.9. The number of methoxy groups -OCH3 is 1. The van der Waals surface area contributed by atoms with Gasteiger partial charge < -0.3 is 25.0 Å². The molecule has 2 aromatic rings. The lowest BCUT2D eigenvalue weighted by molar-refractivity contribution is 0.0952. The standard InChI is InChI=1S/C19H24ClN5O3/c1-13-11-17(25-7-9-28-10-8-25)24-19(23-13)22-6-5-21-18(26)15-12-14(20)3-4-16(15)27-2/h3-4,11-12H,5-10H2,1-2H3,(H,21,26)(H,22,23,24). The van der Waals surface area contributed by atoms with E-state index in [9.17, 15) is 4.79 Å². The number of aryl methyl sites for hydroxylation is 1. The molecular formula is C19H24ClN5O3. The van der Waals surface area contributed by atoms with Crippen LogP contribution < -0.4 is 20.3 Å². The number of nitrogens with one attached hydrogen (secondary N) is 2. The topological polar surface area (TPSA) is 88.6 Å². The Morgan fingerprint density at radius 1 is 1.25 bits per heavy atom. The van der Waals surface area contributed by atoms with Crippen LogP contribution in [-0.2, 0) is 4.74 Å². The molecule has 1 fully saturated rings. The molecule has 8 nitrogen and oxygen atoms in total. The first-order chi connectivity index (χ1) is 13.6. The Labute approximate surface area is 169 Å². The monoisotopic (exact) mass is 405 g/mol. The van der Waals surface area contributed by atoms with Gasteiger partial charge in [0.05, 0.1) is 25.9 Å². The van der Waals surface area contributed by atoms with Crippen molar-refractivity contribution < 1.29 is 14.3 Å². The molecule has 1 aliphatic heterocycles. The quantitative estimate of drug-likeness (QED) is 0.682. The van der Waals surface area contributed by atoms with E-state index in [4.69, 9.17) is 21.1 Å². The maximum atomic E-state index is 12.4. The van der Waals surface area contributed by atoms with Crippen molar-refractivity contribution in [3.8, 4) is 5.75 Å². The van der Waals surface area contributed by atoms with Crippen molar-refractivity contribution in [2.75, 3.05) is 56.7 Å². The molecule has 0 aliphatic carbocycles. The molecule has 1 aromatic heterocycles. The number of aromatic nitrogens is 2. The number of halogens is 1. The second-order valence-electron chi connectivity index (χ2n) is 6.32. The minimum atomic E-state index is -0.250. The number of hydrogen-bond acceptors (Lipinski definition) is 7. The summed E-state index contributed by atoms with van der Waals surface area (Å²) >= 11 is 5.98. The first kappa shape index (κ1) is 20.2. The number of rotatable bonds is 7. The number of nitrogens with zero attached hydrogens (tertiary/aromatic N) is 3. The van der Waals surface area contributed by atoms with Gasteiger partial charge in [-0.25, -0.2) is 4.98 Å². The number of carbonyl (C=O) groups excluding carboxylic acids is 1. The first-order valence-corrected chi connectivity index (χ1v) is 9.48. The fourth-order valence-corrected chi connectivity index (χ4v) is 3.06.